The molecule has 0 unspecified atom stereocenters. The first-order valence-corrected chi connectivity index (χ1v) is 7.52. The Hall–Kier alpha value is -3.06. The number of allylic oxidation sites excluding steroid dienone is 1. The number of ether oxygens (including phenoxy) is 2. The molecule has 4 heteroatoms. The van der Waals surface area contributed by atoms with Crippen LogP contribution in [-0.2, 0) is 0 Å². The maximum absolute atomic E-state index is 12.3. The average molecular weight is 321 g/mol. The third-order valence-electron chi connectivity index (χ3n) is 3.55. The van der Waals surface area contributed by atoms with Crippen molar-refractivity contribution in [1.29, 1.82) is 5.26 Å². The lowest BCUT2D eigenvalue weighted by atomic mass is 10.0. The van der Waals surface area contributed by atoms with Gasteiger partial charge < -0.3 is 9.47 Å². The van der Waals surface area contributed by atoms with Gasteiger partial charge >= 0.3 is 0 Å². The lowest BCUT2D eigenvalue weighted by Gasteiger charge is -2.08. The molecule has 0 aliphatic carbocycles. The van der Waals surface area contributed by atoms with E-state index in [1.165, 1.54) is 7.11 Å². The zero-order chi connectivity index (χ0) is 17.5. The highest BCUT2D eigenvalue weighted by atomic mass is 16.5. The Morgan fingerprint density at radius 2 is 1.96 bits per heavy atom. The van der Waals surface area contributed by atoms with Gasteiger partial charge in [0, 0.05) is 5.56 Å². The molecule has 0 spiro atoms. The van der Waals surface area contributed by atoms with Crippen LogP contribution in [0.15, 0.2) is 42.5 Å². The van der Waals surface area contributed by atoms with Crippen LogP contribution in [0, 0.1) is 25.2 Å². The third-order valence-corrected chi connectivity index (χ3v) is 3.55. The molecule has 24 heavy (non-hydrogen) atoms. The second kappa shape index (κ2) is 7.98. The first-order valence-electron chi connectivity index (χ1n) is 7.52. The van der Waals surface area contributed by atoms with Gasteiger partial charge in [-0.25, -0.2) is 0 Å². The van der Waals surface area contributed by atoms with E-state index in [1.54, 1.807) is 30.4 Å². The number of nitriles is 1. The molecule has 0 heterocycles. The number of ketones is 1. The number of rotatable bonds is 6. The van der Waals surface area contributed by atoms with Gasteiger partial charge in [0.1, 0.15) is 6.07 Å². The summed E-state index contributed by atoms with van der Waals surface area (Å²) in [5.41, 5.74) is 3.60. The quantitative estimate of drug-likeness (QED) is 0.593. The summed E-state index contributed by atoms with van der Waals surface area (Å²) < 4.78 is 10.5. The summed E-state index contributed by atoms with van der Waals surface area (Å²) in [7, 11) is 1.53. The molecule has 2 rings (SSSR count). The van der Waals surface area contributed by atoms with Gasteiger partial charge in [-0.05, 0) is 43.2 Å². The summed E-state index contributed by atoms with van der Waals surface area (Å²) in [4.78, 5) is 12.3. The van der Waals surface area contributed by atoms with Crippen LogP contribution in [-0.4, -0.2) is 19.5 Å². The fourth-order valence-electron chi connectivity index (χ4n) is 2.37. The Morgan fingerprint density at radius 3 is 2.62 bits per heavy atom. The SMILES string of the molecule is COc1cc(/C=C/C(=O)c2ccc(C)cc2C)ccc1OCC#N. The number of aryl methyl sites for hydroxylation is 2. The van der Waals surface area contributed by atoms with Crippen LogP contribution >= 0.6 is 0 Å². The Balaban J connectivity index is 2.19. The average Bonchev–Trinajstić information content (AvgIpc) is 2.58. The van der Waals surface area contributed by atoms with Gasteiger partial charge in [0.15, 0.2) is 23.9 Å². The van der Waals surface area contributed by atoms with E-state index < -0.39 is 0 Å². The zero-order valence-corrected chi connectivity index (χ0v) is 14.0. The summed E-state index contributed by atoms with van der Waals surface area (Å²) in [6.45, 7) is 3.88. The van der Waals surface area contributed by atoms with Crippen molar-refractivity contribution in [2.45, 2.75) is 13.8 Å². The van der Waals surface area contributed by atoms with Gasteiger partial charge in [-0.15, -0.1) is 0 Å². The standard InChI is InChI=1S/C20H19NO3/c1-14-4-7-17(15(2)12-14)18(22)8-5-16-6-9-19(24-11-10-21)20(13-16)23-3/h4-9,12-13H,11H2,1-3H3/b8-5+. The number of hydrogen-bond acceptors (Lipinski definition) is 4. The zero-order valence-electron chi connectivity index (χ0n) is 14.0. The number of hydrogen-bond donors (Lipinski definition) is 0. The van der Waals surface area contributed by atoms with Crippen molar-refractivity contribution in [3.63, 3.8) is 0 Å². The summed E-state index contributed by atoms with van der Waals surface area (Å²) in [5, 5.41) is 8.57. The molecule has 0 fully saturated rings. The van der Waals surface area contributed by atoms with Gasteiger partial charge in [0.2, 0.25) is 0 Å². The molecule has 0 radical (unpaired) electrons. The first kappa shape index (κ1) is 17.3. The van der Waals surface area contributed by atoms with Gasteiger partial charge in [-0.2, -0.15) is 5.26 Å². The highest BCUT2D eigenvalue weighted by molar-refractivity contribution is 6.07. The second-order valence-electron chi connectivity index (χ2n) is 5.37. The van der Waals surface area contributed by atoms with E-state index in [0.29, 0.717) is 17.1 Å². The predicted octanol–water partition coefficient (Wildman–Crippen LogP) is 4.11. The van der Waals surface area contributed by atoms with Crippen molar-refractivity contribution in [2.75, 3.05) is 13.7 Å². The molecule has 0 aliphatic rings. The third kappa shape index (κ3) is 4.23. The van der Waals surface area contributed by atoms with Gasteiger partial charge in [0.25, 0.3) is 0 Å². The molecule has 2 aromatic rings. The second-order valence-corrected chi connectivity index (χ2v) is 5.37. The molecule has 122 valence electrons. The van der Waals surface area contributed by atoms with Gasteiger partial charge in [-0.3, -0.25) is 4.79 Å². The molecule has 0 aromatic heterocycles. The van der Waals surface area contributed by atoms with E-state index >= 15 is 0 Å². The molecule has 0 amide bonds. The van der Waals surface area contributed by atoms with Crippen molar-refractivity contribution in [2.24, 2.45) is 0 Å². The van der Waals surface area contributed by atoms with Crippen LogP contribution < -0.4 is 9.47 Å². The number of nitrogens with zero attached hydrogens (tertiary/aromatic N) is 1. The van der Waals surface area contributed by atoms with E-state index in [2.05, 4.69) is 0 Å². The summed E-state index contributed by atoms with van der Waals surface area (Å²) >= 11 is 0. The highest BCUT2D eigenvalue weighted by Crippen LogP contribution is 2.28. The molecule has 0 atom stereocenters. The molecule has 4 nitrogen and oxygen atoms in total. The Labute approximate surface area is 141 Å². The molecular weight excluding hydrogens is 302 g/mol. The predicted molar refractivity (Wildman–Crippen MR) is 93.4 cm³/mol. The fourth-order valence-corrected chi connectivity index (χ4v) is 2.37. The van der Waals surface area contributed by atoms with Crippen molar-refractivity contribution in [3.8, 4) is 17.6 Å². The van der Waals surface area contributed by atoms with Crippen LogP contribution in [0.3, 0.4) is 0 Å². The highest BCUT2D eigenvalue weighted by Gasteiger charge is 2.07. The van der Waals surface area contributed by atoms with E-state index in [0.717, 1.165) is 16.7 Å². The molecule has 0 saturated heterocycles. The normalized spacial score (nSPS) is 10.4. The maximum atomic E-state index is 12.3. The smallest absolute Gasteiger partial charge is 0.186 e. The number of methoxy groups -OCH3 is 1. The minimum atomic E-state index is -0.0451. The molecule has 0 bridgehead atoms. The molecular formula is C20H19NO3. The fraction of sp³-hybridized carbons (Fsp3) is 0.200. The lowest BCUT2D eigenvalue weighted by Crippen LogP contribution is -1.98. The maximum Gasteiger partial charge on any atom is 0.186 e. The molecule has 2 aromatic carbocycles. The molecule has 0 aliphatic heterocycles. The van der Waals surface area contributed by atoms with E-state index in [4.69, 9.17) is 14.7 Å². The number of carbonyl (C=O) groups excluding carboxylic acids is 1. The van der Waals surface area contributed by atoms with Crippen LogP contribution in [0.1, 0.15) is 27.0 Å². The molecule has 0 N–H and O–H groups in total. The van der Waals surface area contributed by atoms with Crippen LogP contribution in [0.5, 0.6) is 11.5 Å². The van der Waals surface area contributed by atoms with Crippen molar-refractivity contribution in [1.82, 2.24) is 0 Å². The van der Waals surface area contributed by atoms with Gasteiger partial charge in [0.05, 0.1) is 7.11 Å². The van der Waals surface area contributed by atoms with E-state index in [1.807, 2.05) is 38.1 Å². The summed E-state index contributed by atoms with van der Waals surface area (Å²) in [6, 6.07) is 13.0. The lowest BCUT2D eigenvalue weighted by molar-refractivity contribution is 0.104. The summed E-state index contributed by atoms with van der Waals surface area (Å²) in [5.74, 6) is 0.972. The monoisotopic (exact) mass is 321 g/mol. The molecule has 0 saturated carbocycles. The Morgan fingerprint density at radius 1 is 1.17 bits per heavy atom. The van der Waals surface area contributed by atoms with E-state index in [-0.39, 0.29) is 12.4 Å². The van der Waals surface area contributed by atoms with Gasteiger partial charge in [-0.1, -0.05) is 35.9 Å². The van der Waals surface area contributed by atoms with Crippen LogP contribution in [0.25, 0.3) is 6.08 Å². The van der Waals surface area contributed by atoms with Crippen molar-refractivity contribution in [3.05, 3.63) is 64.7 Å². The largest absolute Gasteiger partial charge is 0.493 e. The van der Waals surface area contributed by atoms with Crippen LogP contribution in [0.4, 0.5) is 0 Å². The minimum Gasteiger partial charge on any atom is -0.493 e. The summed E-state index contributed by atoms with van der Waals surface area (Å²) in [6.07, 6.45) is 3.28. The van der Waals surface area contributed by atoms with Crippen LogP contribution in [0.2, 0.25) is 0 Å². The Bertz CT molecular complexity index is 816. The number of carbonyl (C=O) groups is 1. The Kier molecular flexibility index (Phi) is 5.75. The minimum absolute atomic E-state index is 0.0449. The number of benzene rings is 2. The van der Waals surface area contributed by atoms with E-state index in [9.17, 15) is 4.79 Å². The van der Waals surface area contributed by atoms with Crippen molar-refractivity contribution < 1.29 is 14.3 Å². The first-order chi connectivity index (χ1) is 11.5. The van der Waals surface area contributed by atoms with Crippen molar-refractivity contribution >= 4 is 11.9 Å². The topological polar surface area (TPSA) is 59.3 Å².